The van der Waals surface area contributed by atoms with Crippen molar-refractivity contribution in [2.45, 2.75) is 25.1 Å². The first-order valence-electron chi connectivity index (χ1n) is 6.23. The summed E-state index contributed by atoms with van der Waals surface area (Å²) in [4.78, 5) is 17.4. The average molecular weight is 260 g/mol. The van der Waals surface area contributed by atoms with Crippen LogP contribution in [0.5, 0.6) is 0 Å². The molecule has 1 saturated heterocycles. The van der Waals surface area contributed by atoms with E-state index in [2.05, 4.69) is 16.4 Å². The number of nitrogens with one attached hydrogen (secondary N) is 1. The molecule has 6 nitrogen and oxygen atoms in total. The molecule has 1 fully saturated rings. The number of amides is 1. The Hall–Kier alpha value is -1.97. The van der Waals surface area contributed by atoms with Gasteiger partial charge >= 0.3 is 0 Å². The lowest BCUT2D eigenvalue weighted by Crippen LogP contribution is -2.41. The summed E-state index contributed by atoms with van der Waals surface area (Å²) in [6.45, 7) is 0.631. The van der Waals surface area contributed by atoms with Crippen molar-refractivity contribution in [3.63, 3.8) is 0 Å². The Morgan fingerprint density at radius 1 is 1.63 bits per heavy atom. The summed E-state index contributed by atoms with van der Waals surface area (Å²) in [6, 6.07) is 5.15. The van der Waals surface area contributed by atoms with E-state index in [4.69, 9.17) is 5.26 Å². The van der Waals surface area contributed by atoms with Crippen LogP contribution in [0.4, 0.5) is 0 Å². The first kappa shape index (κ1) is 13.5. The average Bonchev–Trinajstić information content (AvgIpc) is 2.93. The monoisotopic (exact) mass is 260 g/mol. The van der Waals surface area contributed by atoms with E-state index in [9.17, 15) is 9.90 Å². The summed E-state index contributed by atoms with van der Waals surface area (Å²) in [7, 11) is 0. The minimum Gasteiger partial charge on any atom is -0.374 e. The second kappa shape index (κ2) is 6.27. The van der Waals surface area contributed by atoms with E-state index < -0.39 is 6.23 Å². The fraction of sp³-hybridized carbons (Fsp3) is 0.462. The number of pyridine rings is 1. The van der Waals surface area contributed by atoms with Crippen molar-refractivity contribution in [2.75, 3.05) is 13.1 Å². The molecule has 19 heavy (non-hydrogen) atoms. The van der Waals surface area contributed by atoms with E-state index in [-0.39, 0.29) is 18.5 Å². The molecule has 1 aliphatic heterocycles. The number of aromatic nitrogens is 1. The van der Waals surface area contributed by atoms with Gasteiger partial charge in [0.1, 0.15) is 12.3 Å². The Labute approximate surface area is 111 Å². The predicted octanol–water partition coefficient (Wildman–Crippen LogP) is 0.177. The van der Waals surface area contributed by atoms with Crippen LogP contribution < -0.4 is 5.32 Å². The van der Waals surface area contributed by atoms with Gasteiger partial charge in [0.05, 0.1) is 12.6 Å². The van der Waals surface area contributed by atoms with Crippen LogP contribution in [-0.2, 0) is 4.79 Å². The first-order valence-corrected chi connectivity index (χ1v) is 6.23. The molecule has 1 aromatic heterocycles. The topological polar surface area (TPSA) is 89.2 Å². The van der Waals surface area contributed by atoms with Crippen LogP contribution in [0.1, 0.15) is 24.6 Å². The van der Waals surface area contributed by atoms with Crippen LogP contribution in [-0.4, -0.2) is 40.0 Å². The molecule has 0 aromatic carbocycles. The number of rotatable bonds is 4. The summed E-state index contributed by atoms with van der Waals surface area (Å²) in [6.07, 6.45) is 3.84. The van der Waals surface area contributed by atoms with Crippen molar-refractivity contribution >= 4 is 5.91 Å². The minimum absolute atomic E-state index is 0.0155. The van der Waals surface area contributed by atoms with Gasteiger partial charge in [-0.1, -0.05) is 0 Å². The molecule has 2 N–H and O–H groups in total. The van der Waals surface area contributed by atoms with E-state index >= 15 is 0 Å². The van der Waals surface area contributed by atoms with Crippen molar-refractivity contribution in [1.82, 2.24) is 15.2 Å². The van der Waals surface area contributed by atoms with Gasteiger partial charge in [-0.25, -0.2) is 0 Å². The molecule has 0 radical (unpaired) electrons. The van der Waals surface area contributed by atoms with Gasteiger partial charge < -0.3 is 10.0 Å². The highest BCUT2D eigenvalue weighted by molar-refractivity contribution is 5.79. The number of likely N-dealkylation sites (tertiary alicyclic amines) is 1. The highest BCUT2D eigenvalue weighted by Crippen LogP contribution is 2.16. The van der Waals surface area contributed by atoms with Gasteiger partial charge in [-0.05, 0) is 30.5 Å². The van der Waals surface area contributed by atoms with Gasteiger partial charge in [0, 0.05) is 18.9 Å². The highest BCUT2D eigenvalue weighted by Gasteiger charge is 2.28. The molecule has 1 aromatic rings. The molecule has 0 saturated carbocycles. The highest BCUT2D eigenvalue weighted by atomic mass is 16.3. The summed E-state index contributed by atoms with van der Waals surface area (Å²) in [5.74, 6) is -0.155. The second-order valence-electron chi connectivity index (χ2n) is 4.44. The van der Waals surface area contributed by atoms with Crippen LogP contribution in [0.15, 0.2) is 24.5 Å². The zero-order valence-corrected chi connectivity index (χ0v) is 10.5. The minimum atomic E-state index is -0.907. The third kappa shape index (κ3) is 3.28. The number of carbonyl (C=O) groups excluding carboxylic acids is 1. The van der Waals surface area contributed by atoms with Crippen LogP contribution >= 0.6 is 0 Å². The lowest BCUT2D eigenvalue weighted by molar-refractivity contribution is -0.130. The Kier molecular flexibility index (Phi) is 4.44. The molecule has 2 rings (SSSR count). The molecular weight excluding hydrogens is 244 g/mol. The molecule has 6 heteroatoms. The second-order valence-corrected chi connectivity index (χ2v) is 4.44. The first-order chi connectivity index (χ1) is 9.22. The van der Waals surface area contributed by atoms with Gasteiger partial charge in [0.15, 0.2) is 0 Å². The molecule has 0 bridgehead atoms. The van der Waals surface area contributed by atoms with Gasteiger partial charge in [0.25, 0.3) is 0 Å². The Morgan fingerprint density at radius 2 is 2.37 bits per heavy atom. The summed E-state index contributed by atoms with van der Waals surface area (Å²) in [5, 5.41) is 21.5. The molecular formula is C13H16N4O2. The summed E-state index contributed by atoms with van der Waals surface area (Å²) < 4.78 is 0. The zero-order chi connectivity index (χ0) is 13.7. The molecule has 1 amide bonds. The van der Waals surface area contributed by atoms with E-state index in [0.717, 1.165) is 12.8 Å². The van der Waals surface area contributed by atoms with E-state index in [1.807, 2.05) is 0 Å². The number of nitriles is 1. The summed E-state index contributed by atoms with van der Waals surface area (Å²) in [5.41, 5.74) is 0.654. The fourth-order valence-corrected chi connectivity index (χ4v) is 2.15. The van der Waals surface area contributed by atoms with Gasteiger partial charge in [-0.2, -0.15) is 5.26 Å². The number of carbonyl (C=O) groups is 1. The third-order valence-electron chi connectivity index (χ3n) is 3.19. The molecule has 0 aliphatic carbocycles. The van der Waals surface area contributed by atoms with Crippen molar-refractivity contribution in [2.24, 2.45) is 0 Å². The smallest absolute Gasteiger partial charge is 0.237 e. The molecule has 2 atom stereocenters. The van der Waals surface area contributed by atoms with Gasteiger partial charge in [-0.3, -0.25) is 15.1 Å². The molecule has 100 valence electrons. The zero-order valence-electron chi connectivity index (χ0n) is 10.5. The number of hydrogen-bond donors (Lipinski definition) is 2. The maximum atomic E-state index is 11.9. The van der Waals surface area contributed by atoms with E-state index in [1.165, 1.54) is 0 Å². The third-order valence-corrected chi connectivity index (χ3v) is 3.19. The van der Waals surface area contributed by atoms with Crippen molar-refractivity contribution < 1.29 is 9.90 Å². The quantitative estimate of drug-likeness (QED) is 0.754. The maximum Gasteiger partial charge on any atom is 0.237 e. The van der Waals surface area contributed by atoms with Crippen molar-refractivity contribution in [1.29, 1.82) is 5.26 Å². The number of aliphatic hydroxyl groups is 1. The number of aliphatic hydroxyl groups excluding tert-OH is 1. The van der Waals surface area contributed by atoms with Crippen LogP contribution in [0.2, 0.25) is 0 Å². The van der Waals surface area contributed by atoms with Crippen LogP contribution in [0, 0.1) is 11.3 Å². The van der Waals surface area contributed by atoms with Crippen LogP contribution in [0.25, 0.3) is 0 Å². The Bertz CT molecular complexity index is 471. The van der Waals surface area contributed by atoms with E-state index in [0.29, 0.717) is 12.1 Å². The largest absolute Gasteiger partial charge is 0.374 e. The van der Waals surface area contributed by atoms with Crippen molar-refractivity contribution in [3.05, 3.63) is 30.1 Å². The Morgan fingerprint density at radius 3 is 3.05 bits per heavy atom. The standard InChI is InChI=1S/C13H16N4O2/c14-8-11-2-1-7-17(11)12(18)9-16-13(19)10-3-5-15-6-4-10/h3-6,11,13,16,19H,1-2,7,9H2/t11-,13?/m0/s1. The Balaban J connectivity index is 1.86. The molecule has 0 spiro atoms. The normalized spacial score (nSPS) is 20.0. The molecule has 1 aliphatic rings. The molecule has 2 heterocycles. The molecule has 1 unspecified atom stereocenters. The SMILES string of the molecule is N#C[C@@H]1CCCN1C(=O)CNC(O)c1ccncc1. The lowest BCUT2D eigenvalue weighted by Gasteiger charge is -2.21. The van der Waals surface area contributed by atoms with Gasteiger partial charge in [0.2, 0.25) is 5.91 Å². The van der Waals surface area contributed by atoms with Gasteiger partial charge in [-0.15, -0.1) is 0 Å². The van der Waals surface area contributed by atoms with E-state index in [1.54, 1.807) is 29.4 Å². The maximum absolute atomic E-state index is 11.9. The number of hydrogen-bond acceptors (Lipinski definition) is 5. The number of nitrogens with zero attached hydrogens (tertiary/aromatic N) is 3. The van der Waals surface area contributed by atoms with Crippen LogP contribution in [0.3, 0.4) is 0 Å². The predicted molar refractivity (Wildman–Crippen MR) is 67.5 cm³/mol. The summed E-state index contributed by atoms with van der Waals surface area (Å²) >= 11 is 0. The lowest BCUT2D eigenvalue weighted by atomic mass is 10.2. The fourth-order valence-electron chi connectivity index (χ4n) is 2.15. The van der Waals surface area contributed by atoms with Crippen molar-refractivity contribution in [3.8, 4) is 6.07 Å².